The number of aryl methyl sites for hydroxylation is 1. The summed E-state index contributed by atoms with van der Waals surface area (Å²) in [6.45, 7) is 3.42. The highest BCUT2D eigenvalue weighted by molar-refractivity contribution is 5.87. The molecule has 0 saturated carbocycles. The monoisotopic (exact) mass is 165 g/mol. The van der Waals surface area contributed by atoms with E-state index < -0.39 is 0 Å². The summed E-state index contributed by atoms with van der Waals surface area (Å²) < 4.78 is 0. The van der Waals surface area contributed by atoms with Crippen LogP contribution in [-0.4, -0.2) is 15.9 Å². The lowest BCUT2D eigenvalue weighted by molar-refractivity contribution is -0.114. The minimum atomic E-state index is -0.115. The molecular weight excluding hydrogens is 154 g/mol. The first-order valence-corrected chi connectivity index (χ1v) is 3.82. The molecule has 1 amide bonds. The van der Waals surface area contributed by atoms with Crippen molar-refractivity contribution in [1.82, 2.24) is 9.97 Å². The first kappa shape index (κ1) is 8.64. The zero-order valence-electron chi connectivity index (χ0n) is 7.16. The Bertz CT molecular complexity index is 285. The van der Waals surface area contributed by atoms with Gasteiger partial charge in [-0.05, 0) is 6.07 Å². The van der Waals surface area contributed by atoms with Gasteiger partial charge >= 0.3 is 0 Å². The first-order chi connectivity index (χ1) is 5.72. The van der Waals surface area contributed by atoms with Crippen molar-refractivity contribution in [3.8, 4) is 0 Å². The highest BCUT2D eigenvalue weighted by Crippen LogP contribution is 2.01. The van der Waals surface area contributed by atoms with Crippen LogP contribution in [0.4, 0.5) is 5.82 Å². The Labute approximate surface area is 71.0 Å². The van der Waals surface area contributed by atoms with Crippen LogP contribution < -0.4 is 5.32 Å². The molecule has 1 aromatic rings. The van der Waals surface area contributed by atoms with E-state index in [0.717, 1.165) is 12.2 Å². The summed E-state index contributed by atoms with van der Waals surface area (Å²) >= 11 is 0. The number of aromatic nitrogens is 2. The lowest BCUT2D eigenvalue weighted by atomic mass is 10.4. The number of anilines is 1. The number of nitrogens with one attached hydrogen (secondary N) is 1. The van der Waals surface area contributed by atoms with E-state index in [1.165, 1.54) is 6.92 Å². The summed E-state index contributed by atoms with van der Waals surface area (Å²) in [5.74, 6) is 1.19. The molecule has 0 saturated heterocycles. The van der Waals surface area contributed by atoms with Crippen molar-refractivity contribution in [2.75, 3.05) is 5.32 Å². The van der Waals surface area contributed by atoms with Crippen LogP contribution in [0.2, 0.25) is 0 Å². The molecule has 4 heteroatoms. The Kier molecular flexibility index (Phi) is 2.74. The lowest BCUT2D eigenvalue weighted by Crippen LogP contribution is -2.08. The van der Waals surface area contributed by atoms with E-state index in [2.05, 4.69) is 15.3 Å². The van der Waals surface area contributed by atoms with Gasteiger partial charge in [0.2, 0.25) is 5.91 Å². The van der Waals surface area contributed by atoms with E-state index in [0.29, 0.717) is 5.82 Å². The maximum absolute atomic E-state index is 10.6. The third kappa shape index (κ3) is 2.30. The minimum Gasteiger partial charge on any atom is -0.311 e. The van der Waals surface area contributed by atoms with Gasteiger partial charge in [-0.2, -0.15) is 0 Å². The highest BCUT2D eigenvalue weighted by atomic mass is 16.1. The molecular formula is C8H11N3O. The number of carbonyl (C=O) groups is 1. The molecule has 0 unspecified atom stereocenters. The van der Waals surface area contributed by atoms with E-state index in [1.54, 1.807) is 12.3 Å². The van der Waals surface area contributed by atoms with Crippen LogP contribution in [0.15, 0.2) is 12.3 Å². The number of amides is 1. The number of nitrogens with zero attached hydrogens (tertiary/aromatic N) is 2. The largest absolute Gasteiger partial charge is 0.311 e. The van der Waals surface area contributed by atoms with Gasteiger partial charge in [0.1, 0.15) is 11.6 Å². The summed E-state index contributed by atoms with van der Waals surface area (Å²) in [6.07, 6.45) is 2.41. The second kappa shape index (κ2) is 3.80. The van der Waals surface area contributed by atoms with E-state index in [4.69, 9.17) is 0 Å². The van der Waals surface area contributed by atoms with Crippen molar-refractivity contribution in [1.29, 1.82) is 0 Å². The molecule has 1 heterocycles. The maximum Gasteiger partial charge on any atom is 0.222 e. The molecule has 0 fully saturated rings. The van der Waals surface area contributed by atoms with Gasteiger partial charge in [0, 0.05) is 19.5 Å². The van der Waals surface area contributed by atoms with Crippen molar-refractivity contribution >= 4 is 11.7 Å². The summed E-state index contributed by atoms with van der Waals surface area (Å²) in [4.78, 5) is 18.7. The van der Waals surface area contributed by atoms with Crippen LogP contribution in [0, 0.1) is 0 Å². The lowest BCUT2D eigenvalue weighted by Gasteiger charge is -2.00. The Hall–Kier alpha value is -1.45. The van der Waals surface area contributed by atoms with Crippen LogP contribution >= 0.6 is 0 Å². The molecule has 0 aliphatic heterocycles. The Morgan fingerprint density at radius 1 is 1.67 bits per heavy atom. The quantitative estimate of drug-likeness (QED) is 0.711. The van der Waals surface area contributed by atoms with Crippen LogP contribution in [0.1, 0.15) is 19.7 Å². The Morgan fingerprint density at radius 2 is 2.42 bits per heavy atom. The van der Waals surface area contributed by atoms with Crippen molar-refractivity contribution in [3.05, 3.63) is 18.1 Å². The van der Waals surface area contributed by atoms with Crippen LogP contribution in [0.3, 0.4) is 0 Å². The van der Waals surface area contributed by atoms with Crippen LogP contribution in [-0.2, 0) is 11.2 Å². The highest BCUT2D eigenvalue weighted by Gasteiger charge is 1.97. The van der Waals surface area contributed by atoms with Crippen molar-refractivity contribution in [2.45, 2.75) is 20.3 Å². The average Bonchev–Trinajstić information content (AvgIpc) is 2.03. The predicted molar refractivity (Wildman–Crippen MR) is 45.7 cm³/mol. The van der Waals surface area contributed by atoms with E-state index in [9.17, 15) is 4.79 Å². The molecule has 0 aliphatic rings. The average molecular weight is 165 g/mol. The number of rotatable bonds is 2. The zero-order chi connectivity index (χ0) is 8.97. The van der Waals surface area contributed by atoms with E-state index >= 15 is 0 Å². The second-order valence-electron chi connectivity index (χ2n) is 2.39. The molecule has 0 aliphatic carbocycles. The van der Waals surface area contributed by atoms with Gasteiger partial charge in [-0.3, -0.25) is 4.79 Å². The fourth-order valence-electron chi connectivity index (χ4n) is 0.819. The van der Waals surface area contributed by atoms with E-state index in [1.807, 2.05) is 6.92 Å². The van der Waals surface area contributed by atoms with Crippen molar-refractivity contribution in [2.24, 2.45) is 0 Å². The van der Waals surface area contributed by atoms with Gasteiger partial charge in [0.15, 0.2) is 0 Å². The first-order valence-electron chi connectivity index (χ1n) is 3.82. The normalized spacial score (nSPS) is 9.50. The molecule has 0 radical (unpaired) electrons. The SMILES string of the molecule is CCc1nccc(NC(C)=O)n1. The molecule has 4 nitrogen and oxygen atoms in total. The maximum atomic E-state index is 10.6. The molecule has 1 rings (SSSR count). The van der Waals surface area contributed by atoms with Gasteiger partial charge in [-0.25, -0.2) is 9.97 Å². The van der Waals surface area contributed by atoms with Crippen LogP contribution in [0.5, 0.6) is 0 Å². The smallest absolute Gasteiger partial charge is 0.222 e. The molecule has 0 bridgehead atoms. The molecule has 0 spiro atoms. The van der Waals surface area contributed by atoms with Crippen LogP contribution in [0.25, 0.3) is 0 Å². The van der Waals surface area contributed by atoms with Gasteiger partial charge in [0.25, 0.3) is 0 Å². The number of hydrogen-bond acceptors (Lipinski definition) is 3. The summed E-state index contributed by atoms with van der Waals surface area (Å²) in [5.41, 5.74) is 0. The number of hydrogen-bond donors (Lipinski definition) is 1. The van der Waals surface area contributed by atoms with Gasteiger partial charge in [-0.15, -0.1) is 0 Å². The topological polar surface area (TPSA) is 54.9 Å². The predicted octanol–water partition coefficient (Wildman–Crippen LogP) is 0.997. The van der Waals surface area contributed by atoms with E-state index in [-0.39, 0.29) is 5.91 Å². The molecule has 1 N–H and O–H groups in total. The fourth-order valence-corrected chi connectivity index (χ4v) is 0.819. The molecule has 0 aromatic carbocycles. The van der Waals surface area contributed by atoms with Gasteiger partial charge in [0.05, 0.1) is 0 Å². The third-order valence-electron chi connectivity index (χ3n) is 1.33. The van der Waals surface area contributed by atoms with Crippen molar-refractivity contribution in [3.63, 3.8) is 0 Å². The Morgan fingerprint density at radius 3 is 3.00 bits per heavy atom. The van der Waals surface area contributed by atoms with Gasteiger partial charge in [-0.1, -0.05) is 6.92 Å². The number of carbonyl (C=O) groups excluding carboxylic acids is 1. The van der Waals surface area contributed by atoms with Crippen molar-refractivity contribution < 1.29 is 4.79 Å². The molecule has 1 aromatic heterocycles. The molecule has 12 heavy (non-hydrogen) atoms. The summed E-state index contributed by atoms with van der Waals surface area (Å²) in [5, 5.41) is 2.59. The fraction of sp³-hybridized carbons (Fsp3) is 0.375. The standard InChI is InChI=1S/C8H11N3O/c1-3-7-9-5-4-8(11-7)10-6(2)12/h4-5H,3H2,1-2H3,(H,9,10,11,12). The Balaban J connectivity index is 2.79. The molecule has 64 valence electrons. The zero-order valence-corrected chi connectivity index (χ0v) is 7.16. The van der Waals surface area contributed by atoms with Gasteiger partial charge < -0.3 is 5.32 Å². The summed E-state index contributed by atoms with van der Waals surface area (Å²) in [6, 6.07) is 1.67. The summed E-state index contributed by atoms with van der Waals surface area (Å²) in [7, 11) is 0. The minimum absolute atomic E-state index is 0.115. The second-order valence-corrected chi connectivity index (χ2v) is 2.39. The third-order valence-corrected chi connectivity index (χ3v) is 1.33. The molecule has 0 atom stereocenters.